The Morgan fingerprint density at radius 2 is 0.880 bits per heavy atom. The molecule has 0 amide bonds. The first-order valence-corrected chi connectivity index (χ1v) is 26.2. The standard InChI is InChI=1S/C73H54N2/c1-2-52-28-20-38-65(72(52)61-33-13-12-27-57(61)49-51-23-6-3-7-24-51)62-34-14-17-40-68(62)75(69-41-18-15-35-63(69)66-39-22-30-55-29-21-37-60(73(55)66)54-25-8-4-9-26-54)59-46-43-53(44-47-59)56-45-48-71-67(50-56)64-36-16-19-42-70(64)74(71)58-31-10-5-11-32-58/h3-48,50H,2,49H2,1H3. The molecule has 0 saturated carbocycles. The van der Waals surface area contributed by atoms with Crippen molar-refractivity contribution in [1.82, 2.24) is 4.57 Å². The Morgan fingerprint density at radius 1 is 0.347 bits per heavy atom. The van der Waals surface area contributed by atoms with E-state index in [0.29, 0.717) is 0 Å². The largest absolute Gasteiger partial charge is 0.309 e. The Labute approximate surface area is 439 Å². The molecule has 0 spiro atoms. The van der Waals surface area contributed by atoms with Crippen molar-refractivity contribution in [3.63, 3.8) is 0 Å². The van der Waals surface area contributed by atoms with E-state index in [4.69, 9.17) is 0 Å². The number of benzene rings is 12. The maximum atomic E-state index is 2.51. The highest BCUT2D eigenvalue weighted by Gasteiger charge is 2.25. The van der Waals surface area contributed by atoms with Gasteiger partial charge < -0.3 is 9.47 Å². The fourth-order valence-electron chi connectivity index (χ4n) is 11.6. The number of hydrogen-bond donors (Lipinski definition) is 0. The van der Waals surface area contributed by atoms with Crippen LogP contribution < -0.4 is 4.90 Å². The normalized spacial score (nSPS) is 11.4. The van der Waals surface area contributed by atoms with Crippen molar-refractivity contribution >= 4 is 49.6 Å². The summed E-state index contributed by atoms with van der Waals surface area (Å²) in [6.07, 6.45) is 1.75. The number of fused-ring (bicyclic) bond motifs is 4. The molecule has 0 aliphatic rings. The molecule has 0 atom stereocenters. The fourth-order valence-corrected chi connectivity index (χ4v) is 11.6. The molecule has 0 aliphatic carbocycles. The predicted octanol–water partition coefficient (Wildman–Crippen LogP) is 19.9. The second-order valence-corrected chi connectivity index (χ2v) is 19.4. The molecule has 1 heterocycles. The average molecular weight is 959 g/mol. The molecule has 0 saturated heterocycles. The van der Waals surface area contributed by atoms with E-state index in [1.807, 2.05) is 0 Å². The first-order chi connectivity index (χ1) is 37.2. The third-order valence-electron chi connectivity index (χ3n) is 15.1. The van der Waals surface area contributed by atoms with Crippen LogP contribution in [0.3, 0.4) is 0 Å². The second-order valence-electron chi connectivity index (χ2n) is 19.4. The van der Waals surface area contributed by atoms with E-state index in [1.165, 1.54) is 93.8 Å². The van der Waals surface area contributed by atoms with Gasteiger partial charge in [0.2, 0.25) is 0 Å². The first kappa shape index (κ1) is 45.4. The van der Waals surface area contributed by atoms with Crippen LogP contribution in [0.4, 0.5) is 17.1 Å². The van der Waals surface area contributed by atoms with Gasteiger partial charge in [0.25, 0.3) is 0 Å². The third kappa shape index (κ3) is 8.37. The molecule has 356 valence electrons. The number of anilines is 3. The van der Waals surface area contributed by atoms with Gasteiger partial charge in [0.1, 0.15) is 0 Å². The molecule has 75 heavy (non-hydrogen) atoms. The smallest absolute Gasteiger partial charge is 0.0541 e. The van der Waals surface area contributed by atoms with Crippen molar-refractivity contribution in [2.45, 2.75) is 19.8 Å². The van der Waals surface area contributed by atoms with Gasteiger partial charge in [-0.05, 0) is 139 Å². The zero-order valence-corrected chi connectivity index (χ0v) is 41.9. The van der Waals surface area contributed by atoms with Gasteiger partial charge in [-0.15, -0.1) is 0 Å². The lowest BCUT2D eigenvalue weighted by molar-refractivity contribution is 1.13. The van der Waals surface area contributed by atoms with E-state index in [9.17, 15) is 0 Å². The minimum absolute atomic E-state index is 0.847. The van der Waals surface area contributed by atoms with Crippen molar-refractivity contribution in [1.29, 1.82) is 0 Å². The molecule has 12 aromatic carbocycles. The topological polar surface area (TPSA) is 8.17 Å². The maximum Gasteiger partial charge on any atom is 0.0541 e. The zero-order valence-electron chi connectivity index (χ0n) is 41.9. The van der Waals surface area contributed by atoms with E-state index >= 15 is 0 Å². The molecule has 0 aliphatic heterocycles. The van der Waals surface area contributed by atoms with E-state index in [1.54, 1.807) is 0 Å². The summed E-state index contributed by atoms with van der Waals surface area (Å²) in [5.41, 5.74) is 22.8. The Bertz CT molecular complexity index is 4170. The van der Waals surface area contributed by atoms with Crippen LogP contribution in [0.1, 0.15) is 23.6 Å². The highest BCUT2D eigenvalue weighted by molar-refractivity contribution is 6.11. The summed E-state index contributed by atoms with van der Waals surface area (Å²) in [6.45, 7) is 2.28. The number of aryl methyl sites for hydroxylation is 1. The highest BCUT2D eigenvalue weighted by Crippen LogP contribution is 2.49. The molecule has 13 rings (SSSR count). The van der Waals surface area contributed by atoms with Crippen molar-refractivity contribution in [3.05, 3.63) is 302 Å². The van der Waals surface area contributed by atoms with Gasteiger partial charge in [0, 0.05) is 33.3 Å². The molecular formula is C73H54N2. The minimum Gasteiger partial charge on any atom is -0.309 e. The van der Waals surface area contributed by atoms with Crippen molar-refractivity contribution in [3.8, 4) is 61.3 Å². The summed E-state index contributed by atoms with van der Waals surface area (Å²) in [7, 11) is 0. The summed E-state index contributed by atoms with van der Waals surface area (Å²) < 4.78 is 2.38. The molecule has 2 heteroatoms. The van der Waals surface area contributed by atoms with Crippen LogP contribution in [0.5, 0.6) is 0 Å². The Hall–Kier alpha value is -9.50. The highest BCUT2D eigenvalue weighted by atomic mass is 15.1. The van der Waals surface area contributed by atoms with Crippen LogP contribution in [0.2, 0.25) is 0 Å². The SMILES string of the molecule is CCc1cccc(-c2ccccc2N(c2ccc(-c3ccc4c(c3)c3ccccc3n4-c3ccccc3)cc2)c2ccccc2-c2cccc3cccc(-c4ccccc4)c23)c1-c1ccccc1Cc1ccccc1. The Kier molecular flexibility index (Phi) is 12.0. The van der Waals surface area contributed by atoms with Gasteiger partial charge in [-0.1, -0.05) is 237 Å². The van der Waals surface area contributed by atoms with Gasteiger partial charge in [0.05, 0.1) is 22.4 Å². The number of rotatable bonds is 12. The second kappa shape index (κ2) is 19.8. The Balaban J connectivity index is 1.01. The number of para-hydroxylation sites is 4. The monoisotopic (exact) mass is 958 g/mol. The summed E-state index contributed by atoms with van der Waals surface area (Å²) >= 11 is 0. The molecule has 0 bridgehead atoms. The predicted molar refractivity (Wildman–Crippen MR) is 319 cm³/mol. The van der Waals surface area contributed by atoms with Crippen molar-refractivity contribution in [2.24, 2.45) is 0 Å². The summed E-state index contributed by atoms with van der Waals surface area (Å²) in [5.74, 6) is 0. The lowest BCUT2D eigenvalue weighted by Gasteiger charge is -2.31. The molecule has 13 aromatic rings. The fraction of sp³-hybridized carbons (Fsp3) is 0.0411. The molecular weight excluding hydrogens is 905 g/mol. The molecule has 0 N–H and O–H groups in total. The maximum absolute atomic E-state index is 2.51. The third-order valence-corrected chi connectivity index (χ3v) is 15.1. The lowest BCUT2D eigenvalue weighted by atomic mass is 9.85. The van der Waals surface area contributed by atoms with E-state index in [2.05, 4.69) is 302 Å². The zero-order chi connectivity index (χ0) is 50.1. The van der Waals surface area contributed by atoms with Crippen LogP contribution in [-0.2, 0) is 12.8 Å². The van der Waals surface area contributed by atoms with Gasteiger partial charge in [-0.25, -0.2) is 0 Å². The number of aromatic nitrogens is 1. The van der Waals surface area contributed by atoms with Crippen molar-refractivity contribution in [2.75, 3.05) is 4.90 Å². The molecule has 2 nitrogen and oxygen atoms in total. The Morgan fingerprint density at radius 3 is 1.61 bits per heavy atom. The van der Waals surface area contributed by atoms with E-state index < -0.39 is 0 Å². The van der Waals surface area contributed by atoms with Gasteiger partial charge in [-0.3, -0.25) is 0 Å². The molecule has 0 unspecified atom stereocenters. The summed E-state index contributed by atoms with van der Waals surface area (Å²) in [4.78, 5) is 2.51. The summed E-state index contributed by atoms with van der Waals surface area (Å²) in [6, 6.07) is 105. The van der Waals surface area contributed by atoms with Crippen LogP contribution in [0, 0.1) is 0 Å². The molecule has 0 fully saturated rings. The summed E-state index contributed by atoms with van der Waals surface area (Å²) in [5, 5.41) is 4.92. The lowest BCUT2D eigenvalue weighted by Crippen LogP contribution is -2.13. The number of nitrogens with zero attached hydrogens (tertiary/aromatic N) is 2. The minimum atomic E-state index is 0.847. The van der Waals surface area contributed by atoms with Gasteiger partial charge >= 0.3 is 0 Å². The van der Waals surface area contributed by atoms with Gasteiger partial charge in [0.15, 0.2) is 0 Å². The van der Waals surface area contributed by atoms with Crippen LogP contribution in [0.15, 0.2) is 285 Å². The van der Waals surface area contributed by atoms with Crippen LogP contribution >= 0.6 is 0 Å². The van der Waals surface area contributed by atoms with Crippen molar-refractivity contribution < 1.29 is 0 Å². The quantitative estimate of drug-likeness (QED) is 0.118. The van der Waals surface area contributed by atoms with Crippen LogP contribution in [-0.4, -0.2) is 4.57 Å². The van der Waals surface area contributed by atoms with E-state index in [0.717, 1.165) is 46.7 Å². The van der Waals surface area contributed by atoms with Crippen LogP contribution in [0.25, 0.3) is 93.9 Å². The molecule has 0 radical (unpaired) electrons. The van der Waals surface area contributed by atoms with E-state index in [-0.39, 0.29) is 0 Å². The average Bonchev–Trinajstić information content (AvgIpc) is 3.83. The number of hydrogen-bond acceptors (Lipinski definition) is 1. The van der Waals surface area contributed by atoms with Gasteiger partial charge in [-0.2, -0.15) is 0 Å². The first-order valence-electron chi connectivity index (χ1n) is 26.2. The molecule has 1 aromatic heterocycles.